The quantitative estimate of drug-likeness (QED) is 0.803. The molecule has 4 nitrogen and oxygen atoms in total. The highest BCUT2D eigenvalue weighted by Gasteiger charge is 2.10. The van der Waals surface area contributed by atoms with Crippen molar-refractivity contribution in [1.82, 2.24) is 15.1 Å². The molecule has 1 aromatic heterocycles. The van der Waals surface area contributed by atoms with E-state index in [9.17, 15) is 4.79 Å². The zero-order chi connectivity index (χ0) is 15.5. The molecule has 1 amide bonds. The van der Waals surface area contributed by atoms with E-state index >= 15 is 0 Å². The molecule has 1 heterocycles. The number of fused-ring (bicyclic) bond motifs is 1. The van der Waals surface area contributed by atoms with Crippen LogP contribution in [0.5, 0.6) is 0 Å². The van der Waals surface area contributed by atoms with Crippen LogP contribution in [0.15, 0.2) is 48.5 Å². The van der Waals surface area contributed by atoms with Gasteiger partial charge in [-0.2, -0.15) is 5.10 Å². The lowest BCUT2D eigenvalue weighted by Gasteiger charge is -2.07. The van der Waals surface area contributed by atoms with Gasteiger partial charge in [0, 0.05) is 17.0 Å². The molecule has 0 aliphatic rings. The molecule has 5 heteroatoms. The summed E-state index contributed by atoms with van der Waals surface area (Å²) in [5.41, 5.74) is 2.79. The van der Waals surface area contributed by atoms with Gasteiger partial charge in [0.05, 0.1) is 11.2 Å². The highest BCUT2D eigenvalue weighted by atomic mass is 35.5. The minimum Gasteiger partial charge on any atom is -0.350 e. The van der Waals surface area contributed by atoms with E-state index in [0.29, 0.717) is 11.6 Å². The van der Waals surface area contributed by atoms with Crippen LogP contribution in [0.3, 0.4) is 0 Å². The van der Waals surface area contributed by atoms with Crippen LogP contribution in [0.2, 0.25) is 5.02 Å². The molecule has 0 saturated carbocycles. The van der Waals surface area contributed by atoms with Crippen LogP contribution in [0.25, 0.3) is 10.9 Å². The molecule has 0 spiro atoms. The molecule has 112 valence electrons. The Labute approximate surface area is 133 Å². The Morgan fingerprint density at radius 1 is 1.18 bits per heavy atom. The van der Waals surface area contributed by atoms with Crippen LogP contribution in [-0.2, 0) is 17.9 Å². The van der Waals surface area contributed by atoms with Gasteiger partial charge in [0.25, 0.3) is 0 Å². The smallest absolute Gasteiger partial charge is 0.242 e. The van der Waals surface area contributed by atoms with Gasteiger partial charge in [-0.15, -0.1) is 0 Å². The normalized spacial score (nSPS) is 10.8. The first-order valence-corrected chi connectivity index (χ1v) is 7.45. The zero-order valence-electron chi connectivity index (χ0n) is 12.2. The average molecular weight is 314 g/mol. The number of carbonyl (C=O) groups is 1. The minimum atomic E-state index is -0.0897. The Hall–Kier alpha value is -2.33. The van der Waals surface area contributed by atoms with Gasteiger partial charge >= 0.3 is 0 Å². The van der Waals surface area contributed by atoms with E-state index in [1.165, 1.54) is 0 Å². The van der Waals surface area contributed by atoms with E-state index in [1.807, 2.05) is 55.5 Å². The molecule has 0 fully saturated rings. The zero-order valence-corrected chi connectivity index (χ0v) is 13.0. The minimum absolute atomic E-state index is 0.0897. The number of hydrogen-bond donors (Lipinski definition) is 1. The van der Waals surface area contributed by atoms with Gasteiger partial charge in [0.15, 0.2) is 0 Å². The molecule has 0 bridgehead atoms. The number of nitrogens with zero attached hydrogens (tertiary/aromatic N) is 2. The second kappa shape index (κ2) is 6.20. The van der Waals surface area contributed by atoms with Crippen molar-refractivity contribution >= 4 is 28.4 Å². The number of aromatic nitrogens is 2. The first-order valence-electron chi connectivity index (χ1n) is 7.07. The van der Waals surface area contributed by atoms with Crippen LogP contribution in [0.4, 0.5) is 0 Å². The van der Waals surface area contributed by atoms with Gasteiger partial charge in [0.1, 0.15) is 6.54 Å². The van der Waals surface area contributed by atoms with Crippen molar-refractivity contribution in [2.24, 2.45) is 0 Å². The molecule has 3 rings (SSSR count). The monoisotopic (exact) mass is 313 g/mol. The first kappa shape index (κ1) is 14.6. The van der Waals surface area contributed by atoms with Crippen LogP contribution >= 0.6 is 11.6 Å². The number of para-hydroxylation sites is 1. The van der Waals surface area contributed by atoms with Crippen LogP contribution in [0.1, 0.15) is 11.3 Å². The molecule has 0 radical (unpaired) electrons. The third-order valence-corrected chi connectivity index (χ3v) is 3.94. The molecule has 0 unspecified atom stereocenters. The molecule has 0 aliphatic carbocycles. The average Bonchev–Trinajstić information content (AvgIpc) is 2.83. The van der Waals surface area contributed by atoms with E-state index in [4.69, 9.17) is 11.6 Å². The number of aryl methyl sites for hydroxylation is 1. The van der Waals surface area contributed by atoms with Crippen LogP contribution < -0.4 is 5.32 Å². The van der Waals surface area contributed by atoms with Crippen LogP contribution in [0, 0.1) is 6.92 Å². The number of halogens is 1. The number of nitrogens with one attached hydrogen (secondary N) is 1. The number of benzene rings is 2. The van der Waals surface area contributed by atoms with Crippen molar-refractivity contribution in [2.45, 2.75) is 20.0 Å². The maximum Gasteiger partial charge on any atom is 0.242 e. The Morgan fingerprint density at radius 3 is 2.73 bits per heavy atom. The molecular formula is C17H16ClN3O. The summed E-state index contributed by atoms with van der Waals surface area (Å²) >= 11 is 6.08. The molecule has 0 saturated heterocycles. The van der Waals surface area contributed by atoms with Gasteiger partial charge in [-0.05, 0) is 24.6 Å². The highest BCUT2D eigenvalue weighted by molar-refractivity contribution is 6.31. The summed E-state index contributed by atoms with van der Waals surface area (Å²) in [7, 11) is 0. The van der Waals surface area contributed by atoms with Gasteiger partial charge in [-0.25, -0.2) is 0 Å². The summed E-state index contributed by atoms with van der Waals surface area (Å²) in [5.74, 6) is -0.0897. The van der Waals surface area contributed by atoms with Crippen LogP contribution in [-0.4, -0.2) is 15.7 Å². The lowest BCUT2D eigenvalue weighted by molar-refractivity contribution is -0.121. The van der Waals surface area contributed by atoms with Gasteiger partial charge in [0.2, 0.25) is 5.91 Å². The van der Waals surface area contributed by atoms with E-state index in [1.54, 1.807) is 4.68 Å². The maximum absolute atomic E-state index is 12.1. The molecule has 0 aliphatic heterocycles. The van der Waals surface area contributed by atoms with E-state index in [0.717, 1.165) is 22.2 Å². The third-order valence-electron chi connectivity index (χ3n) is 3.57. The number of rotatable bonds is 4. The summed E-state index contributed by atoms with van der Waals surface area (Å²) in [4.78, 5) is 12.1. The second-order valence-corrected chi connectivity index (χ2v) is 5.54. The predicted octanol–water partition coefficient (Wildman–Crippen LogP) is 3.31. The molecular weight excluding hydrogens is 298 g/mol. The molecule has 2 aromatic carbocycles. The van der Waals surface area contributed by atoms with Gasteiger partial charge in [-0.3, -0.25) is 9.48 Å². The lowest BCUT2D eigenvalue weighted by atomic mass is 10.2. The van der Waals surface area contributed by atoms with Crippen molar-refractivity contribution in [3.63, 3.8) is 0 Å². The first-order chi connectivity index (χ1) is 10.6. The molecule has 1 N–H and O–H groups in total. The Morgan fingerprint density at radius 2 is 1.91 bits per heavy atom. The maximum atomic E-state index is 12.1. The summed E-state index contributed by atoms with van der Waals surface area (Å²) in [6, 6.07) is 15.4. The fourth-order valence-corrected chi connectivity index (χ4v) is 2.64. The topological polar surface area (TPSA) is 46.9 Å². The highest BCUT2D eigenvalue weighted by Crippen LogP contribution is 2.17. The Bertz CT molecular complexity index is 826. The van der Waals surface area contributed by atoms with Crippen molar-refractivity contribution < 1.29 is 4.79 Å². The van der Waals surface area contributed by atoms with E-state index in [2.05, 4.69) is 10.4 Å². The van der Waals surface area contributed by atoms with Gasteiger partial charge in [-0.1, -0.05) is 48.0 Å². The molecule has 0 atom stereocenters. The van der Waals surface area contributed by atoms with E-state index in [-0.39, 0.29) is 12.5 Å². The predicted molar refractivity (Wildman–Crippen MR) is 87.8 cm³/mol. The largest absolute Gasteiger partial charge is 0.350 e. The molecule has 22 heavy (non-hydrogen) atoms. The second-order valence-electron chi connectivity index (χ2n) is 5.13. The van der Waals surface area contributed by atoms with Gasteiger partial charge < -0.3 is 5.32 Å². The number of carbonyl (C=O) groups excluding carboxylic acids is 1. The molecule has 3 aromatic rings. The Kier molecular flexibility index (Phi) is 4.11. The van der Waals surface area contributed by atoms with Crippen molar-refractivity contribution in [3.8, 4) is 0 Å². The summed E-state index contributed by atoms with van der Waals surface area (Å²) < 4.78 is 1.73. The summed E-state index contributed by atoms with van der Waals surface area (Å²) in [6.07, 6.45) is 0. The number of hydrogen-bond acceptors (Lipinski definition) is 2. The van der Waals surface area contributed by atoms with Crippen molar-refractivity contribution in [3.05, 3.63) is 64.8 Å². The van der Waals surface area contributed by atoms with E-state index < -0.39 is 0 Å². The fourth-order valence-electron chi connectivity index (χ4n) is 2.44. The summed E-state index contributed by atoms with van der Waals surface area (Å²) in [6.45, 7) is 2.55. The standard InChI is InChI=1S/C17H16ClN3O/c1-12-14-7-3-5-9-16(14)21(20-12)11-17(22)19-10-13-6-2-4-8-15(13)18/h2-9H,10-11H2,1H3,(H,19,22). The van der Waals surface area contributed by atoms with Crippen molar-refractivity contribution in [2.75, 3.05) is 0 Å². The third kappa shape index (κ3) is 2.97. The van der Waals surface area contributed by atoms with Crippen molar-refractivity contribution in [1.29, 1.82) is 0 Å². The number of amides is 1. The lowest BCUT2D eigenvalue weighted by Crippen LogP contribution is -2.27. The fraction of sp³-hybridized carbons (Fsp3) is 0.176. The Balaban J connectivity index is 1.70. The SMILES string of the molecule is Cc1nn(CC(=O)NCc2ccccc2Cl)c2ccccc12. The summed E-state index contributed by atoms with van der Waals surface area (Å²) in [5, 5.41) is 9.04.